The first-order valence-electron chi connectivity index (χ1n) is 6.74. The number of methoxy groups -OCH3 is 1. The summed E-state index contributed by atoms with van der Waals surface area (Å²) in [5.41, 5.74) is 2.26. The summed E-state index contributed by atoms with van der Waals surface area (Å²) < 4.78 is 4.80. The summed E-state index contributed by atoms with van der Waals surface area (Å²) in [6.45, 7) is -0.0106. The molecule has 0 heterocycles. The van der Waals surface area contributed by atoms with Crippen molar-refractivity contribution in [3.8, 4) is 0 Å². The van der Waals surface area contributed by atoms with E-state index in [1.807, 2.05) is 24.3 Å². The van der Waals surface area contributed by atoms with Crippen molar-refractivity contribution in [1.29, 1.82) is 0 Å². The predicted molar refractivity (Wildman–Crippen MR) is 73.6 cm³/mol. The van der Waals surface area contributed by atoms with Crippen LogP contribution in [0.3, 0.4) is 0 Å². The van der Waals surface area contributed by atoms with Gasteiger partial charge in [-0.15, -0.1) is 0 Å². The summed E-state index contributed by atoms with van der Waals surface area (Å²) >= 11 is 0. The largest absolute Gasteiger partial charge is 0.479 e. The van der Waals surface area contributed by atoms with E-state index in [1.54, 1.807) is 0 Å². The van der Waals surface area contributed by atoms with Crippen LogP contribution in [0, 0.1) is 0 Å². The molecule has 2 N–H and O–H groups in total. The Morgan fingerprint density at radius 1 is 1.45 bits per heavy atom. The lowest BCUT2D eigenvalue weighted by atomic mass is 9.82. The van der Waals surface area contributed by atoms with Gasteiger partial charge < -0.3 is 15.2 Å². The molecule has 20 heavy (non-hydrogen) atoms. The van der Waals surface area contributed by atoms with Gasteiger partial charge in [-0.25, -0.2) is 4.79 Å². The number of nitrogens with one attached hydrogen (secondary N) is 1. The molecule has 5 nitrogen and oxygen atoms in total. The predicted octanol–water partition coefficient (Wildman–Crippen LogP) is 1.32. The van der Waals surface area contributed by atoms with E-state index in [2.05, 4.69) is 5.32 Å². The van der Waals surface area contributed by atoms with Gasteiger partial charge in [0, 0.05) is 7.11 Å². The summed E-state index contributed by atoms with van der Waals surface area (Å²) in [5, 5.41) is 11.6. The maximum absolute atomic E-state index is 12.2. The lowest BCUT2D eigenvalue weighted by Gasteiger charge is -2.25. The van der Waals surface area contributed by atoms with Gasteiger partial charge >= 0.3 is 5.97 Å². The molecule has 5 heteroatoms. The Hall–Kier alpha value is -1.88. The summed E-state index contributed by atoms with van der Waals surface area (Å²) in [7, 11) is 1.32. The third-order valence-electron chi connectivity index (χ3n) is 3.71. The average molecular weight is 277 g/mol. The molecule has 1 aromatic rings. The number of ether oxygens (including phenoxy) is 1. The van der Waals surface area contributed by atoms with Crippen molar-refractivity contribution in [2.45, 2.75) is 31.3 Å². The number of carboxylic acids is 1. The fourth-order valence-corrected chi connectivity index (χ4v) is 2.61. The second-order valence-electron chi connectivity index (χ2n) is 4.95. The third kappa shape index (κ3) is 3.17. The van der Waals surface area contributed by atoms with E-state index in [9.17, 15) is 9.59 Å². The summed E-state index contributed by atoms with van der Waals surface area (Å²) in [6, 6.07) is 7.93. The molecule has 0 saturated carbocycles. The Morgan fingerprint density at radius 2 is 2.20 bits per heavy atom. The molecule has 2 rings (SSSR count). The number of carboxylic acid groups (broad SMARTS) is 1. The molecule has 0 aliphatic heterocycles. The van der Waals surface area contributed by atoms with Crippen molar-refractivity contribution < 1.29 is 19.4 Å². The van der Waals surface area contributed by atoms with Crippen LogP contribution >= 0.6 is 0 Å². The molecule has 1 aromatic carbocycles. The van der Waals surface area contributed by atoms with E-state index >= 15 is 0 Å². The highest BCUT2D eigenvalue weighted by Gasteiger charge is 2.27. The second kappa shape index (κ2) is 6.52. The van der Waals surface area contributed by atoms with Gasteiger partial charge in [-0.2, -0.15) is 0 Å². The van der Waals surface area contributed by atoms with Crippen LogP contribution in [0.25, 0.3) is 0 Å². The van der Waals surface area contributed by atoms with Gasteiger partial charge in [-0.1, -0.05) is 24.3 Å². The van der Waals surface area contributed by atoms with Crippen LogP contribution in [0.15, 0.2) is 24.3 Å². The second-order valence-corrected chi connectivity index (χ2v) is 4.95. The molecule has 2 unspecified atom stereocenters. The molecule has 0 bridgehead atoms. The van der Waals surface area contributed by atoms with Gasteiger partial charge in [0.15, 0.2) is 6.10 Å². The Balaban J connectivity index is 2.02. The number of hydrogen-bond acceptors (Lipinski definition) is 3. The van der Waals surface area contributed by atoms with Crippen LogP contribution in [0.4, 0.5) is 0 Å². The number of benzene rings is 1. The van der Waals surface area contributed by atoms with Crippen molar-refractivity contribution >= 4 is 11.9 Å². The Labute approximate surface area is 117 Å². The van der Waals surface area contributed by atoms with E-state index in [4.69, 9.17) is 9.84 Å². The molecular weight excluding hydrogens is 258 g/mol. The number of carbonyl (C=O) groups is 2. The molecule has 0 aromatic heterocycles. The quantitative estimate of drug-likeness (QED) is 0.851. The number of rotatable bonds is 5. The van der Waals surface area contributed by atoms with Crippen molar-refractivity contribution in [3.63, 3.8) is 0 Å². The molecular formula is C15H19NO4. The molecule has 108 valence electrons. The highest BCUT2D eigenvalue weighted by Crippen LogP contribution is 2.31. The monoisotopic (exact) mass is 277 g/mol. The number of hydrogen-bond donors (Lipinski definition) is 2. The highest BCUT2D eigenvalue weighted by molar-refractivity contribution is 5.85. The fraction of sp³-hybridized carbons (Fsp3) is 0.467. The smallest absolute Gasteiger partial charge is 0.334 e. The molecule has 1 aliphatic carbocycles. The SMILES string of the molecule is COC(CNC(=O)C1CCCc2ccccc21)C(=O)O. The maximum Gasteiger partial charge on any atom is 0.334 e. The van der Waals surface area contributed by atoms with E-state index in [0.29, 0.717) is 0 Å². The van der Waals surface area contributed by atoms with Crippen molar-refractivity contribution in [2.24, 2.45) is 0 Å². The molecule has 1 aliphatic rings. The normalized spacial score (nSPS) is 18.9. The van der Waals surface area contributed by atoms with Gasteiger partial charge in [-0.05, 0) is 30.4 Å². The zero-order valence-electron chi connectivity index (χ0n) is 11.5. The van der Waals surface area contributed by atoms with Crippen molar-refractivity contribution in [1.82, 2.24) is 5.32 Å². The summed E-state index contributed by atoms with van der Waals surface area (Å²) in [6.07, 6.45) is 1.77. The van der Waals surface area contributed by atoms with E-state index in [1.165, 1.54) is 12.7 Å². The van der Waals surface area contributed by atoms with Gasteiger partial charge in [-0.3, -0.25) is 4.79 Å². The van der Waals surface area contributed by atoms with Gasteiger partial charge in [0.1, 0.15) is 0 Å². The summed E-state index contributed by atoms with van der Waals surface area (Å²) in [4.78, 5) is 23.1. The van der Waals surface area contributed by atoms with E-state index in [-0.39, 0.29) is 18.4 Å². The topological polar surface area (TPSA) is 75.6 Å². The maximum atomic E-state index is 12.2. The number of aryl methyl sites for hydroxylation is 1. The third-order valence-corrected chi connectivity index (χ3v) is 3.71. The minimum atomic E-state index is -1.07. The minimum absolute atomic E-state index is 0.0106. The molecule has 0 spiro atoms. The summed E-state index contributed by atoms with van der Waals surface area (Å²) in [5.74, 6) is -1.39. The van der Waals surface area contributed by atoms with E-state index < -0.39 is 12.1 Å². The van der Waals surface area contributed by atoms with Crippen LogP contribution in [-0.4, -0.2) is 36.7 Å². The fourth-order valence-electron chi connectivity index (χ4n) is 2.61. The molecule has 1 amide bonds. The molecule has 0 fully saturated rings. The Kier molecular flexibility index (Phi) is 4.74. The first-order chi connectivity index (χ1) is 9.63. The van der Waals surface area contributed by atoms with Crippen LogP contribution in [0.2, 0.25) is 0 Å². The van der Waals surface area contributed by atoms with Crippen LogP contribution in [0.1, 0.15) is 29.9 Å². The highest BCUT2D eigenvalue weighted by atomic mass is 16.5. The lowest BCUT2D eigenvalue weighted by Crippen LogP contribution is -2.40. The zero-order chi connectivity index (χ0) is 14.5. The number of carbonyl (C=O) groups excluding carboxylic acids is 1. The van der Waals surface area contributed by atoms with Crippen LogP contribution in [-0.2, 0) is 20.7 Å². The van der Waals surface area contributed by atoms with Gasteiger partial charge in [0.05, 0.1) is 12.5 Å². The zero-order valence-corrected chi connectivity index (χ0v) is 11.5. The number of amides is 1. The first kappa shape index (κ1) is 14.5. The number of fused-ring (bicyclic) bond motifs is 1. The van der Waals surface area contributed by atoms with Gasteiger partial charge in [0.2, 0.25) is 5.91 Å². The minimum Gasteiger partial charge on any atom is -0.479 e. The Bertz CT molecular complexity index is 500. The lowest BCUT2D eigenvalue weighted by molar-refractivity contribution is -0.148. The first-order valence-corrected chi connectivity index (χ1v) is 6.74. The van der Waals surface area contributed by atoms with Crippen molar-refractivity contribution in [3.05, 3.63) is 35.4 Å². The Morgan fingerprint density at radius 3 is 2.90 bits per heavy atom. The van der Waals surface area contributed by atoms with E-state index in [0.717, 1.165) is 24.8 Å². The molecule has 0 radical (unpaired) electrons. The van der Waals surface area contributed by atoms with Gasteiger partial charge in [0.25, 0.3) is 0 Å². The molecule has 2 atom stereocenters. The number of aliphatic carboxylic acids is 1. The standard InChI is InChI=1S/C15H19NO4/c1-20-13(15(18)19)9-16-14(17)12-8-4-6-10-5-2-3-7-11(10)12/h2-3,5,7,12-13H,4,6,8-9H2,1H3,(H,16,17)(H,18,19). The van der Waals surface area contributed by atoms with Crippen LogP contribution in [0.5, 0.6) is 0 Å². The van der Waals surface area contributed by atoms with Crippen LogP contribution < -0.4 is 5.32 Å². The average Bonchev–Trinajstić information content (AvgIpc) is 2.46. The van der Waals surface area contributed by atoms with Crippen molar-refractivity contribution in [2.75, 3.05) is 13.7 Å². The molecule has 0 saturated heterocycles.